The molecule has 1 aliphatic carbocycles. The van der Waals surface area contributed by atoms with E-state index in [1.54, 1.807) is 0 Å². The number of Topliss-reactive ketones (excluding diaryl/α,β-unsaturated/α-hetero) is 1. The van der Waals surface area contributed by atoms with Crippen molar-refractivity contribution in [1.82, 2.24) is 5.32 Å². The van der Waals surface area contributed by atoms with E-state index in [9.17, 15) is 18.0 Å². The fourth-order valence-corrected chi connectivity index (χ4v) is 3.64. The van der Waals surface area contributed by atoms with Gasteiger partial charge in [0.2, 0.25) is 0 Å². The number of ketones is 1. The second-order valence-corrected chi connectivity index (χ2v) is 9.65. The van der Waals surface area contributed by atoms with Crippen LogP contribution in [0.3, 0.4) is 0 Å². The van der Waals surface area contributed by atoms with Gasteiger partial charge < -0.3 is 16.4 Å². The summed E-state index contributed by atoms with van der Waals surface area (Å²) in [4.78, 5) is 23.9. The Morgan fingerprint density at radius 1 is 0.938 bits per heavy atom. The Bertz CT molecular complexity index is 1100. The molecule has 0 saturated carbocycles. The molecule has 0 saturated heterocycles. The quantitative estimate of drug-likeness (QED) is 0.155. The molecule has 4 rings (SSSR count). The Hall–Kier alpha value is -1.24. The summed E-state index contributed by atoms with van der Waals surface area (Å²) in [5.74, 6) is 0.330. The van der Waals surface area contributed by atoms with E-state index >= 15 is 0 Å². The largest absolute Gasteiger partial charge is 1.00 e. The molecule has 2 aromatic rings. The Kier molecular flexibility index (Phi) is 14.2. The van der Waals surface area contributed by atoms with Crippen LogP contribution in [0.5, 0.6) is 0 Å². The molecule has 1 amide bonds. The van der Waals surface area contributed by atoms with Crippen molar-refractivity contribution in [1.29, 1.82) is 0 Å². The molecule has 9 nitrogen and oxygen atoms in total. The van der Waals surface area contributed by atoms with Gasteiger partial charge in [-0.05, 0) is 54.3 Å². The van der Waals surface area contributed by atoms with Crippen molar-refractivity contribution in [3.63, 3.8) is 0 Å². The van der Waals surface area contributed by atoms with E-state index in [0.717, 1.165) is 45.0 Å². The van der Waals surface area contributed by atoms with E-state index in [4.69, 9.17) is 15.6 Å². The summed E-state index contributed by atoms with van der Waals surface area (Å²) >= 11 is 6.75. The number of carbonyl (C=O) groups excluding carboxylic acids is 2. The van der Waals surface area contributed by atoms with Crippen LogP contribution in [0.1, 0.15) is 38.3 Å². The summed E-state index contributed by atoms with van der Waals surface area (Å²) in [6.07, 6.45) is 3.24. The average molecular weight is 598 g/mol. The summed E-state index contributed by atoms with van der Waals surface area (Å²) in [6.45, 7) is 0.752. The van der Waals surface area contributed by atoms with Gasteiger partial charge >= 0.3 is 29.6 Å². The number of hydrogen-bond acceptors (Lipinski definition) is 4. The molecule has 32 heavy (non-hydrogen) atoms. The Labute approximate surface area is 225 Å². The van der Waals surface area contributed by atoms with Crippen LogP contribution in [0.4, 0.5) is 0 Å². The predicted molar refractivity (Wildman–Crippen MR) is 125 cm³/mol. The number of benzene rings is 2. The molecule has 0 unspecified atom stereocenters. The van der Waals surface area contributed by atoms with Gasteiger partial charge in [-0.25, -0.2) is 0 Å². The molecule has 13 heteroatoms. The number of nitrogens with zero attached hydrogens (tertiary/aromatic N) is 3. The summed E-state index contributed by atoms with van der Waals surface area (Å²) in [5, 5.41) is 2.80. The molecule has 0 radical (unpaired) electrons. The second kappa shape index (κ2) is 14.8. The number of amides is 1. The summed E-state index contributed by atoms with van der Waals surface area (Å²) in [5.41, 5.74) is 17.5. The van der Waals surface area contributed by atoms with Gasteiger partial charge in [0, 0.05) is 33.0 Å². The first kappa shape index (κ1) is 30.8. The zero-order valence-electron chi connectivity index (χ0n) is 17.4. The molecule has 2 aromatic carbocycles. The fourth-order valence-electron chi connectivity index (χ4n) is 2.82. The molecule has 0 bridgehead atoms. The minimum absolute atomic E-state index is 0. The molecule has 166 valence electrons. The van der Waals surface area contributed by atoms with E-state index in [-0.39, 0.29) is 41.2 Å². The average Bonchev–Trinajstić information content (AvgIpc) is 3.02. The van der Waals surface area contributed by atoms with Crippen molar-refractivity contribution in [3.8, 4) is 0 Å². The van der Waals surface area contributed by atoms with Crippen LogP contribution in [0.25, 0.3) is 16.0 Å². The maximum atomic E-state index is 11.3. The normalized spacial score (nSPS) is 13.0. The summed E-state index contributed by atoms with van der Waals surface area (Å²) in [6, 6.07) is 11.6. The van der Waals surface area contributed by atoms with Crippen LogP contribution < -0.4 is 34.9 Å². The number of rotatable bonds is 0. The van der Waals surface area contributed by atoms with Gasteiger partial charge in [0.25, 0.3) is 16.0 Å². The van der Waals surface area contributed by atoms with Crippen molar-refractivity contribution >= 4 is 53.7 Å². The topological polar surface area (TPSA) is 159 Å². The van der Waals surface area contributed by atoms with E-state index in [1.807, 2.05) is 36.4 Å². The van der Waals surface area contributed by atoms with Gasteiger partial charge in [-0.1, -0.05) is 37.9 Å². The van der Waals surface area contributed by atoms with E-state index in [1.165, 1.54) is 10.5 Å². The van der Waals surface area contributed by atoms with Crippen molar-refractivity contribution in [2.24, 2.45) is 0 Å². The molecule has 0 spiro atoms. The molecular formula is C19H19Br2N4NaO5S. The SMILES string of the molecule is CS(=O)(=O)O.O=C1CCc2cc(Br)ccc21.O=C1NCCc2cc(Br)ccc21.[N-]=[N+]=[N-].[Na+]. The summed E-state index contributed by atoms with van der Waals surface area (Å²) in [7, 11) is -3.67. The smallest absolute Gasteiger partial charge is 0.373 e. The number of nitrogens with one attached hydrogen (secondary N) is 1. The standard InChI is InChI=1S/C9H8BrNO.C9H7BrO.CH4O3S.N3.Na/c10-7-1-2-8-6(5-7)3-4-11-9(8)12;10-7-2-3-8-6(5-7)1-4-9(8)11;1-5(2,3)4;1-3-2;/h1-2,5H,3-4H2,(H,11,12);2-3,5H,1,4H2;1H3,(H,2,3,4);;/q;;;-1;+1. The van der Waals surface area contributed by atoms with E-state index < -0.39 is 10.1 Å². The van der Waals surface area contributed by atoms with E-state index in [0.29, 0.717) is 12.7 Å². The van der Waals surface area contributed by atoms with Gasteiger partial charge in [-0.3, -0.25) is 19.1 Å². The van der Waals surface area contributed by atoms with Crippen LogP contribution in [0.2, 0.25) is 0 Å². The Balaban J connectivity index is 0.000000446. The molecule has 2 aliphatic rings. The van der Waals surface area contributed by atoms with Gasteiger partial charge in [-0.15, -0.1) is 0 Å². The first-order valence-electron chi connectivity index (χ1n) is 8.75. The zero-order valence-corrected chi connectivity index (χ0v) is 23.4. The molecule has 1 heterocycles. The minimum atomic E-state index is -3.67. The number of halogens is 2. The molecule has 0 fully saturated rings. The van der Waals surface area contributed by atoms with Crippen molar-refractivity contribution in [3.05, 3.63) is 83.6 Å². The first-order chi connectivity index (χ1) is 14.5. The molecule has 0 aromatic heterocycles. The Morgan fingerprint density at radius 2 is 1.38 bits per heavy atom. The number of aryl methyl sites for hydroxylation is 1. The predicted octanol–water partition coefficient (Wildman–Crippen LogP) is 1.69. The fraction of sp³-hybridized carbons (Fsp3) is 0.263. The van der Waals surface area contributed by atoms with Crippen LogP contribution in [0, 0.1) is 0 Å². The number of carbonyl (C=O) groups is 2. The summed E-state index contributed by atoms with van der Waals surface area (Å²) < 4.78 is 28.0. The van der Waals surface area contributed by atoms with Gasteiger partial charge in [0.1, 0.15) is 0 Å². The van der Waals surface area contributed by atoms with Gasteiger partial charge in [0.15, 0.2) is 5.78 Å². The van der Waals surface area contributed by atoms with Crippen LogP contribution in [-0.2, 0) is 23.0 Å². The van der Waals surface area contributed by atoms with Crippen molar-refractivity contribution in [2.75, 3.05) is 12.8 Å². The Morgan fingerprint density at radius 3 is 1.88 bits per heavy atom. The van der Waals surface area contributed by atoms with Crippen molar-refractivity contribution in [2.45, 2.75) is 19.3 Å². The molecule has 0 atom stereocenters. The van der Waals surface area contributed by atoms with Gasteiger partial charge in [0.05, 0.1) is 6.26 Å². The third kappa shape index (κ3) is 11.6. The third-order valence-corrected chi connectivity index (χ3v) is 4.97. The molecular weight excluding hydrogens is 579 g/mol. The van der Waals surface area contributed by atoms with Crippen LogP contribution >= 0.6 is 31.9 Å². The maximum absolute atomic E-state index is 11.3. The maximum Gasteiger partial charge on any atom is 1.00 e. The zero-order chi connectivity index (χ0) is 23.6. The van der Waals surface area contributed by atoms with Crippen LogP contribution in [0.15, 0.2) is 45.3 Å². The monoisotopic (exact) mass is 596 g/mol. The number of hydrogen-bond donors (Lipinski definition) is 2. The number of fused-ring (bicyclic) bond motifs is 2. The second-order valence-electron chi connectivity index (χ2n) is 6.35. The molecule has 2 N–H and O–H groups in total. The molecule has 1 aliphatic heterocycles. The van der Waals surface area contributed by atoms with Crippen LogP contribution in [-0.4, -0.2) is 37.5 Å². The first-order valence-corrected chi connectivity index (χ1v) is 12.2. The third-order valence-electron chi connectivity index (χ3n) is 3.98. The minimum Gasteiger partial charge on any atom is -0.373 e. The van der Waals surface area contributed by atoms with Crippen molar-refractivity contribution < 1.29 is 52.1 Å². The van der Waals surface area contributed by atoms with Gasteiger partial charge in [-0.2, -0.15) is 8.42 Å². The van der Waals surface area contributed by atoms with E-state index in [2.05, 4.69) is 37.2 Å².